The van der Waals surface area contributed by atoms with Gasteiger partial charge in [0.1, 0.15) is 17.9 Å². The number of nitrogens with zero attached hydrogens (tertiary/aromatic N) is 7. The van der Waals surface area contributed by atoms with E-state index < -0.39 is 46.7 Å². The van der Waals surface area contributed by atoms with Crippen LogP contribution in [0.5, 0.6) is 11.6 Å². The van der Waals surface area contributed by atoms with E-state index in [1.807, 2.05) is 4.90 Å². The van der Waals surface area contributed by atoms with Crippen molar-refractivity contribution in [3.05, 3.63) is 35.9 Å². The van der Waals surface area contributed by atoms with E-state index in [-0.39, 0.29) is 35.3 Å². The quantitative estimate of drug-likeness (QED) is 0.333. The zero-order chi connectivity index (χ0) is 35.0. The molecule has 4 aliphatic heterocycles. The molecule has 1 amide bonds. The Morgan fingerprint density at radius 1 is 1.18 bits per heavy atom. The normalized spacial score (nSPS) is 24.6. The van der Waals surface area contributed by atoms with Crippen LogP contribution in [-0.2, 0) is 14.9 Å². The van der Waals surface area contributed by atoms with Crippen molar-refractivity contribution in [1.82, 2.24) is 34.0 Å². The average Bonchev–Trinajstić information content (AvgIpc) is 3.00. The highest BCUT2D eigenvalue weighted by Crippen LogP contribution is 2.45. The van der Waals surface area contributed by atoms with Crippen molar-refractivity contribution in [3.8, 4) is 11.6 Å². The number of carbonyl (C=O) groups is 1. The van der Waals surface area contributed by atoms with E-state index in [0.29, 0.717) is 51.4 Å². The van der Waals surface area contributed by atoms with Gasteiger partial charge in [0.05, 0.1) is 25.3 Å². The Morgan fingerprint density at radius 3 is 2.53 bits per heavy atom. The van der Waals surface area contributed by atoms with E-state index >= 15 is 0 Å². The minimum Gasteiger partial charge on any atom is -0.434 e. The molecule has 5 heterocycles. The number of carbonyl (C=O) groups excluding carboxylic acids is 1. The first kappa shape index (κ1) is 35.7. The molecule has 2 N–H and O–H groups in total. The highest BCUT2D eigenvalue weighted by Gasteiger charge is 2.48. The van der Waals surface area contributed by atoms with Gasteiger partial charge in [-0.15, -0.1) is 10.2 Å². The zero-order valence-corrected chi connectivity index (χ0v) is 28.4. The molecule has 4 saturated heterocycles. The molecule has 1 aromatic heterocycles. The number of halogens is 3. The smallest absolute Gasteiger partial charge is 0.282 e. The Bertz CT molecular complexity index is 1590. The number of amides is 1. The molecule has 18 heteroatoms. The van der Waals surface area contributed by atoms with Gasteiger partial charge in [0, 0.05) is 50.1 Å². The van der Waals surface area contributed by atoms with Crippen LogP contribution in [0.15, 0.2) is 24.5 Å². The fourth-order valence-electron chi connectivity index (χ4n) is 6.84. The number of ether oxygens (including phenoxy) is 2. The van der Waals surface area contributed by atoms with Gasteiger partial charge in [-0.25, -0.2) is 18.2 Å². The maximum Gasteiger partial charge on any atom is 0.282 e. The Hall–Kier alpha value is -3.16. The van der Waals surface area contributed by atoms with Crippen LogP contribution < -0.4 is 14.4 Å². The standard InChI is InChI=1S/C31H43F3N8O6S/c1-21(2)42(15-26(33)34)29(43)24-14-22(32)4-5-25(24)48-28-27(35-20-36-37-28)40-17-30(18-40)8-12-39(13-9-30)19-31(44)7-6-23(16-47-31)38-49(45,46)41-10-3-11-41/h4-5,14,20-21,23,26,38,44H,3,6-13,15-19H2,1-2H3/t23-,31-/m1/s1. The number of anilines is 1. The lowest BCUT2D eigenvalue weighted by molar-refractivity contribution is -0.239. The molecular weight excluding hydrogens is 669 g/mol. The van der Waals surface area contributed by atoms with Crippen LogP contribution >= 0.6 is 0 Å². The Morgan fingerprint density at radius 2 is 1.92 bits per heavy atom. The van der Waals surface area contributed by atoms with Crippen molar-refractivity contribution in [3.63, 3.8) is 0 Å². The van der Waals surface area contributed by atoms with E-state index in [2.05, 4.69) is 24.8 Å². The lowest BCUT2D eigenvalue weighted by atomic mass is 9.72. The highest BCUT2D eigenvalue weighted by atomic mass is 32.2. The van der Waals surface area contributed by atoms with Gasteiger partial charge >= 0.3 is 0 Å². The topological polar surface area (TPSA) is 154 Å². The van der Waals surface area contributed by atoms with Gasteiger partial charge in [0.2, 0.25) is 0 Å². The minimum absolute atomic E-state index is 0.000959. The van der Waals surface area contributed by atoms with Gasteiger partial charge in [-0.2, -0.15) is 17.4 Å². The van der Waals surface area contributed by atoms with Crippen LogP contribution in [0.25, 0.3) is 0 Å². The van der Waals surface area contributed by atoms with Crippen LogP contribution in [0.3, 0.4) is 0 Å². The molecule has 0 unspecified atom stereocenters. The van der Waals surface area contributed by atoms with Crippen LogP contribution in [0.1, 0.15) is 56.3 Å². The van der Waals surface area contributed by atoms with Crippen molar-refractivity contribution >= 4 is 21.9 Å². The largest absolute Gasteiger partial charge is 0.434 e. The molecule has 0 bridgehead atoms. The van der Waals surface area contributed by atoms with Crippen LogP contribution in [0.4, 0.5) is 19.0 Å². The second kappa shape index (κ2) is 14.2. The summed E-state index contributed by atoms with van der Waals surface area (Å²) in [4.78, 5) is 22.8. The molecule has 14 nitrogen and oxygen atoms in total. The maximum absolute atomic E-state index is 14.3. The lowest BCUT2D eigenvalue weighted by Gasteiger charge is -2.55. The minimum atomic E-state index is -3.52. The summed E-state index contributed by atoms with van der Waals surface area (Å²) in [7, 11) is -3.52. The fraction of sp³-hybridized carbons (Fsp3) is 0.677. The number of nitrogens with one attached hydrogen (secondary N) is 1. The fourth-order valence-corrected chi connectivity index (χ4v) is 8.34. The lowest BCUT2D eigenvalue weighted by Crippen LogP contribution is -2.62. The summed E-state index contributed by atoms with van der Waals surface area (Å²) in [6.45, 7) is 6.64. The summed E-state index contributed by atoms with van der Waals surface area (Å²) in [5.74, 6) is -2.53. The Balaban J connectivity index is 1.03. The van der Waals surface area contributed by atoms with Crippen LogP contribution in [0, 0.1) is 11.2 Å². The number of aliphatic hydroxyl groups is 1. The maximum atomic E-state index is 14.3. The molecule has 49 heavy (non-hydrogen) atoms. The average molecular weight is 713 g/mol. The predicted octanol–water partition coefficient (Wildman–Crippen LogP) is 2.23. The SMILES string of the molecule is CC(C)N(CC(F)F)C(=O)c1cc(F)ccc1Oc1nncnc1N1CC2(CCN(C[C@@]3(O)CC[C@@H](NS(=O)(=O)N4CCC4)CO3)CC2)C1. The number of hydrogen-bond acceptors (Lipinski definition) is 11. The predicted molar refractivity (Wildman–Crippen MR) is 171 cm³/mol. The zero-order valence-electron chi connectivity index (χ0n) is 27.6. The number of alkyl halides is 2. The first-order chi connectivity index (χ1) is 23.2. The van der Waals surface area contributed by atoms with E-state index in [1.54, 1.807) is 13.8 Å². The number of rotatable bonds is 12. The van der Waals surface area contributed by atoms with E-state index in [4.69, 9.17) is 9.47 Å². The van der Waals surface area contributed by atoms with Gasteiger partial charge < -0.3 is 24.4 Å². The summed E-state index contributed by atoms with van der Waals surface area (Å²) < 4.78 is 81.5. The van der Waals surface area contributed by atoms with Crippen molar-refractivity contribution < 1.29 is 41.0 Å². The van der Waals surface area contributed by atoms with Gasteiger partial charge in [0.15, 0.2) is 11.6 Å². The number of aromatic nitrogens is 3. The van der Waals surface area contributed by atoms with Crippen molar-refractivity contribution in [2.24, 2.45) is 5.41 Å². The van der Waals surface area contributed by atoms with Gasteiger partial charge in [-0.1, -0.05) is 0 Å². The molecule has 270 valence electrons. The monoisotopic (exact) mass is 712 g/mol. The summed E-state index contributed by atoms with van der Waals surface area (Å²) in [5, 5.41) is 19.1. The number of hydrogen-bond donors (Lipinski definition) is 2. The van der Waals surface area contributed by atoms with E-state index in [9.17, 15) is 31.5 Å². The van der Waals surface area contributed by atoms with E-state index in [0.717, 1.165) is 49.4 Å². The van der Waals surface area contributed by atoms with Crippen molar-refractivity contribution in [2.75, 3.05) is 63.9 Å². The Labute approximate surface area is 283 Å². The second-order valence-corrected chi connectivity index (χ2v) is 15.5. The van der Waals surface area contributed by atoms with Gasteiger partial charge in [-0.05, 0) is 70.8 Å². The molecule has 2 aromatic rings. The molecule has 0 aliphatic carbocycles. The van der Waals surface area contributed by atoms with Crippen molar-refractivity contribution in [2.45, 2.75) is 70.2 Å². The van der Waals surface area contributed by atoms with Crippen molar-refractivity contribution in [1.29, 1.82) is 0 Å². The first-order valence-electron chi connectivity index (χ1n) is 16.6. The molecular formula is C31H43F3N8O6S. The molecule has 6 rings (SSSR count). The number of piperidine rings is 1. The molecule has 2 atom stereocenters. The summed E-state index contributed by atoms with van der Waals surface area (Å²) in [5.41, 5.74) is -0.218. The Kier molecular flexibility index (Phi) is 10.4. The van der Waals surface area contributed by atoms with Gasteiger partial charge in [0.25, 0.3) is 28.4 Å². The summed E-state index contributed by atoms with van der Waals surface area (Å²) in [6, 6.07) is 2.38. The third-order valence-electron chi connectivity index (χ3n) is 9.82. The number of benzene rings is 1. The highest BCUT2D eigenvalue weighted by molar-refractivity contribution is 7.87. The molecule has 1 aromatic carbocycles. The second-order valence-electron chi connectivity index (χ2n) is 13.8. The molecule has 0 radical (unpaired) electrons. The van der Waals surface area contributed by atoms with Gasteiger partial charge in [-0.3, -0.25) is 9.69 Å². The third kappa shape index (κ3) is 8.09. The van der Waals surface area contributed by atoms with E-state index in [1.165, 1.54) is 16.7 Å². The summed E-state index contributed by atoms with van der Waals surface area (Å²) in [6.07, 6.45) is 1.89. The molecule has 4 fully saturated rings. The summed E-state index contributed by atoms with van der Waals surface area (Å²) >= 11 is 0. The first-order valence-corrected chi connectivity index (χ1v) is 18.0. The van der Waals surface area contributed by atoms with Crippen LogP contribution in [0.2, 0.25) is 0 Å². The third-order valence-corrected chi connectivity index (χ3v) is 11.5. The number of β-amino-alcohol motifs (C(OH)–C–C–N with tert-alkyl or cyclic N) is 1. The molecule has 4 aliphatic rings. The molecule has 0 saturated carbocycles. The van der Waals surface area contributed by atoms with Crippen LogP contribution in [-0.4, -0.2) is 132 Å². The molecule has 1 spiro atoms. The number of likely N-dealkylation sites (tertiary alicyclic amines) is 1.